The summed E-state index contributed by atoms with van der Waals surface area (Å²) in [7, 11) is -4.39. The molecule has 7 nitrogen and oxygen atoms in total. The molecule has 12 heteroatoms. The van der Waals surface area contributed by atoms with Crippen LogP contribution in [0.3, 0.4) is 0 Å². The summed E-state index contributed by atoms with van der Waals surface area (Å²) in [6, 6.07) is 5.84. The van der Waals surface area contributed by atoms with E-state index in [4.69, 9.17) is 39.5 Å². The molecule has 3 aliphatic heterocycles. The number of benzene rings is 1. The lowest BCUT2D eigenvalue weighted by Gasteiger charge is -2.25. The second-order valence-electron chi connectivity index (χ2n) is 9.67. The smallest absolute Gasteiger partial charge is 0.267 e. The minimum absolute atomic E-state index is 0.0524. The average Bonchev–Trinajstić information content (AvgIpc) is 3.53. The Labute approximate surface area is 219 Å². The van der Waals surface area contributed by atoms with Crippen LogP contribution in [0.2, 0.25) is 15.2 Å². The quantitative estimate of drug-likeness (QED) is 0.397. The van der Waals surface area contributed by atoms with Crippen molar-refractivity contribution >= 4 is 56.3 Å². The summed E-state index contributed by atoms with van der Waals surface area (Å²) in [4.78, 5) is 7.65. The molecule has 3 fully saturated rings. The summed E-state index contributed by atoms with van der Waals surface area (Å²) < 4.78 is 48.9. The van der Waals surface area contributed by atoms with Crippen LogP contribution in [0.4, 0.5) is 15.9 Å². The van der Waals surface area contributed by atoms with Crippen molar-refractivity contribution in [2.75, 3.05) is 55.6 Å². The molecule has 2 atom stereocenters. The number of aromatic nitrogens is 1. The topological polar surface area (TPSA) is 74.8 Å². The lowest BCUT2D eigenvalue weighted by Crippen LogP contribution is -2.32. The highest BCUT2D eigenvalue weighted by Crippen LogP contribution is 2.41. The Kier molecular flexibility index (Phi) is 7.11. The van der Waals surface area contributed by atoms with Crippen LogP contribution in [0.25, 0.3) is 0 Å². The van der Waals surface area contributed by atoms with Gasteiger partial charge in [0.25, 0.3) is 10.0 Å². The zero-order valence-corrected chi connectivity index (χ0v) is 22.0. The third-order valence-electron chi connectivity index (χ3n) is 7.17. The third-order valence-corrected chi connectivity index (χ3v) is 9.56. The van der Waals surface area contributed by atoms with Crippen LogP contribution in [-0.2, 0) is 14.8 Å². The van der Waals surface area contributed by atoms with Gasteiger partial charge in [-0.1, -0.05) is 40.9 Å². The second kappa shape index (κ2) is 9.84. The molecule has 0 aliphatic carbocycles. The molecule has 2 aromatic rings. The minimum atomic E-state index is -4.39. The van der Waals surface area contributed by atoms with Crippen LogP contribution in [0.1, 0.15) is 19.3 Å². The Balaban J connectivity index is 1.30. The maximum absolute atomic E-state index is 15.3. The highest BCUT2D eigenvalue weighted by molar-refractivity contribution is 7.92. The Hall–Kier alpha value is -1.36. The molecule has 0 bridgehead atoms. The van der Waals surface area contributed by atoms with E-state index in [1.165, 1.54) is 30.7 Å². The summed E-state index contributed by atoms with van der Waals surface area (Å²) in [6.07, 6.45) is 3.24. The molecule has 0 radical (unpaired) electrons. The van der Waals surface area contributed by atoms with Gasteiger partial charge in [-0.2, -0.15) is 0 Å². The van der Waals surface area contributed by atoms with E-state index in [9.17, 15) is 8.42 Å². The van der Waals surface area contributed by atoms with E-state index < -0.39 is 20.7 Å². The van der Waals surface area contributed by atoms with Gasteiger partial charge >= 0.3 is 0 Å². The van der Waals surface area contributed by atoms with Gasteiger partial charge in [-0.3, -0.25) is 4.72 Å². The predicted molar refractivity (Wildman–Crippen MR) is 136 cm³/mol. The molecule has 5 rings (SSSR count). The molecule has 1 spiro atoms. The number of ether oxygens (including phenoxy) is 1. The summed E-state index contributed by atoms with van der Waals surface area (Å²) in [5, 5.41) is -0.422. The van der Waals surface area contributed by atoms with Gasteiger partial charge < -0.3 is 14.5 Å². The van der Waals surface area contributed by atoms with Gasteiger partial charge in [0.1, 0.15) is 20.9 Å². The van der Waals surface area contributed by atoms with Crippen molar-refractivity contribution in [1.82, 2.24) is 9.88 Å². The number of nitrogens with one attached hydrogen (secondary N) is 1. The SMILES string of the molecule is O=S(=O)(Nc1cccc(Cl)n1)c1c(Cl)cc(N2CCC(CN3CCC4(CCOC4)C3)C2)c(Cl)c1F. The Morgan fingerprint density at radius 2 is 2.06 bits per heavy atom. The summed E-state index contributed by atoms with van der Waals surface area (Å²) >= 11 is 18.5. The highest BCUT2D eigenvalue weighted by atomic mass is 35.5. The van der Waals surface area contributed by atoms with E-state index in [1.54, 1.807) is 0 Å². The van der Waals surface area contributed by atoms with E-state index in [1.807, 2.05) is 4.90 Å². The normalized spacial score (nSPS) is 25.1. The van der Waals surface area contributed by atoms with Gasteiger partial charge in [0.2, 0.25) is 0 Å². The first-order valence-corrected chi connectivity index (χ1v) is 14.2. The van der Waals surface area contributed by atoms with Crippen molar-refractivity contribution in [1.29, 1.82) is 0 Å². The van der Waals surface area contributed by atoms with Crippen LogP contribution in [0.5, 0.6) is 0 Å². The summed E-state index contributed by atoms with van der Waals surface area (Å²) in [5.41, 5.74) is 0.715. The van der Waals surface area contributed by atoms with E-state index in [-0.39, 0.29) is 21.0 Å². The molecule has 1 N–H and O–H groups in total. The van der Waals surface area contributed by atoms with Crippen molar-refractivity contribution < 1.29 is 17.5 Å². The molecule has 1 aromatic carbocycles. The Morgan fingerprint density at radius 1 is 1.23 bits per heavy atom. The fraction of sp³-hybridized carbons (Fsp3) is 0.522. The van der Waals surface area contributed by atoms with Gasteiger partial charge in [-0.05, 0) is 49.9 Å². The molecule has 2 unspecified atom stereocenters. The summed E-state index contributed by atoms with van der Waals surface area (Å²) in [5.74, 6) is -0.734. The predicted octanol–water partition coefficient (Wildman–Crippen LogP) is 4.92. The number of halogens is 4. The Morgan fingerprint density at radius 3 is 2.80 bits per heavy atom. The number of likely N-dealkylation sites (tertiary alicyclic amines) is 1. The maximum atomic E-state index is 15.3. The van der Waals surface area contributed by atoms with Gasteiger partial charge in [-0.15, -0.1) is 0 Å². The number of anilines is 2. The number of sulfonamides is 1. The van der Waals surface area contributed by atoms with Gasteiger partial charge in [-0.25, -0.2) is 17.8 Å². The summed E-state index contributed by atoms with van der Waals surface area (Å²) in [6.45, 7) is 6.20. The minimum Gasteiger partial charge on any atom is -0.381 e. The van der Waals surface area contributed by atoms with Crippen molar-refractivity contribution in [3.8, 4) is 0 Å². The number of pyridine rings is 1. The van der Waals surface area contributed by atoms with Crippen LogP contribution < -0.4 is 9.62 Å². The highest BCUT2D eigenvalue weighted by Gasteiger charge is 2.42. The van der Waals surface area contributed by atoms with E-state index in [0.717, 1.165) is 45.7 Å². The van der Waals surface area contributed by atoms with Crippen molar-refractivity contribution in [2.45, 2.75) is 24.2 Å². The molecule has 0 saturated carbocycles. The molecule has 35 heavy (non-hydrogen) atoms. The fourth-order valence-electron chi connectivity index (χ4n) is 5.42. The first-order chi connectivity index (χ1) is 16.7. The van der Waals surface area contributed by atoms with Gasteiger partial charge in [0.15, 0.2) is 5.82 Å². The first-order valence-electron chi connectivity index (χ1n) is 11.5. The van der Waals surface area contributed by atoms with Crippen LogP contribution in [0, 0.1) is 17.2 Å². The van der Waals surface area contributed by atoms with Gasteiger partial charge in [0.05, 0.1) is 17.3 Å². The van der Waals surface area contributed by atoms with Crippen molar-refractivity contribution in [3.63, 3.8) is 0 Å². The van der Waals surface area contributed by atoms with E-state index >= 15 is 4.39 Å². The number of nitrogens with zero attached hydrogens (tertiary/aromatic N) is 3. The molecular weight excluding hydrogens is 538 g/mol. The average molecular weight is 564 g/mol. The van der Waals surface area contributed by atoms with Crippen LogP contribution in [0.15, 0.2) is 29.2 Å². The largest absolute Gasteiger partial charge is 0.381 e. The van der Waals surface area contributed by atoms with Crippen LogP contribution in [-0.4, -0.2) is 64.2 Å². The van der Waals surface area contributed by atoms with E-state index in [2.05, 4.69) is 14.6 Å². The molecule has 190 valence electrons. The first kappa shape index (κ1) is 25.3. The molecule has 3 aliphatic rings. The number of hydrogen-bond acceptors (Lipinski definition) is 6. The maximum Gasteiger partial charge on any atom is 0.267 e. The number of hydrogen-bond donors (Lipinski definition) is 1. The van der Waals surface area contributed by atoms with Crippen molar-refractivity contribution in [2.24, 2.45) is 11.3 Å². The Bertz CT molecular complexity index is 1230. The molecule has 1 aromatic heterocycles. The zero-order valence-electron chi connectivity index (χ0n) is 18.9. The third kappa shape index (κ3) is 5.22. The van der Waals surface area contributed by atoms with Crippen LogP contribution >= 0.6 is 34.8 Å². The molecular formula is C23H26Cl3FN4O3S. The number of rotatable bonds is 6. The standard InChI is InChI=1S/C23H26Cl3FN4O3S/c24-16-10-17(20(26)21(27)22(16)35(32,33)29-19-3-1-2-18(25)28-19)31-7-4-15(12-31)11-30-8-5-23(13-30)6-9-34-14-23/h1-3,10,15H,4-9,11-14H2,(H,28,29). The fourth-order valence-corrected chi connectivity index (χ4v) is 7.54. The zero-order chi connectivity index (χ0) is 24.8. The molecule has 3 saturated heterocycles. The van der Waals surface area contributed by atoms with Crippen molar-refractivity contribution in [3.05, 3.63) is 45.3 Å². The monoisotopic (exact) mass is 562 g/mol. The van der Waals surface area contributed by atoms with Gasteiger partial charge in [0, 0.05) is 38.2 Å². The lowest BCUT2D eigenvalue weighted by molar-refractivity contribution is 0.150. The molecule has 4 heterocycles. The molecule has 0 amide bonds. The second-order valence-corrected chi connectivity index (χ2v) is 12.5. The lowest BCUT2D eigenvalue weighted by atomic mass is 9.87. The van der Waals surface area contributed by atoms with E-state index in [0.29, 0.717) is 30.1 Å².